The van der Waals surface area contributed by atoms with Crippen LogP contribution >= 0.6 is 0 Å². The van der Waals surface area contributed by atoms with E-state index in [0.717, 1.165) is 0 Å². The van der Waals surface area contributed by atoms with Crippen LogP contribution < -0.4 is 11.1 Å². The zero-order valence-electron chi connectivity index (χ0n) is 13.7. The van der Waals surface area contributed by atoms with Crippen molar-refractivity contribution in [1.29, 1.82) is 0 Å². The van der Waals surface area contributed by atoms with Gasteiger partial charge in [0.05, 0.1) is 11.0 Å². The molecule has 130 valence electrons. The van der Waals surface area contributed by atoms with Gasteiger partial charge in [-0.25, -0.2) is 13.8 Å². The van der Waals surface area contributed by atoms with E-state index in [2.05, 4.69) is 20.3 Å². The second kappa shape index (κ2) is 6.07. The molecule has 0 atom stereocenters. The Morgan fingerprint density at radius 3 is 2.58 bits per heavy atom. The third kappa shape index (κ3) is 2.92. The third-order valence-corrected chi connectivity index (χ3v) is 3.83. The van der Waals surface area contributed by atoms with Crippen LogP contribution in [0.15, 0.2) is 48.5 Å². The summed E-state index contributed by atoms with van der Waals surface area (Å²) in [6, 6.07) is 11.8. The fraction of sp³-hybridized carbons (Fsp3) is 0.0556. The predicted octanol–water partition coefficient (Wildman–Crippen LogP) is 3.73. The number of anilines is 3. The fourth-order valence-electron chi connectivity index (χ4n) is 2.78. The van der Waals surface area contributed by atoms with Crippen molar-refractivity contribution in [2.24, 2.45) is 0 Å². The number of benzene rings is 2. The largest absolute Gasteiger partial charge is 0.383 e. The molecule has 2 heterocycles. The van der Waals surface area contributed by atoms with Crippen molar-refractivity contribution in [1.82, 2.24) is 19.5 Å². The molecule has 0 aliphatic heterocycles. The van der Waals surface area contributed by atoms with Crippen molar-refractivity contribution in [3.8, 4) is 5.82 Å². The molecule has 4 aromatic rings. The Bertz CT molecular complexity index is 1120. The number of nitrogens with two attached hydrogens (primary N) is 1. The first-order chi connectivity index (χ1) is 12.5. The first-order valence-electron chi connectivity index (χ1n) is 7.82. The van der Waals surface area contributed by atoms with E-state index in [0.29, 0.717) is 28.4 Å². The van der Waals surface area contributed by atoms with Gasteiger partial charge in [-0.3, -0.25) is 4.57 Å². The van der Waals surface area contributed by atoms with E-state index in [4.69, 9.17) is 5.73 Å². The number of nitrogens with one attached hydrogen (secondary N) is 1. The second-order valence-corrected chi connectivity index (χ2v) is 5.74. The predicted molar refractivity (Wildman–Crippen MR) is 95.5 cm³/mol. The van der Waals surface area contributed by atoms with Gasteiger partial charge in [0.1, 0.15) is 29.1 Å². The van der Waals surface area contributed by atoms with Gasteiger partial charge >= 0.3 is 0 Å². The molecule has 0 aliphatic carbocycles. The molecule has 6 nitrogen and oxygen atoms in total. The summed E-state index contributed by atoms with van der Waals surface area (Å²) >= 11 is 0. The Hall–Kier alpha value is -3.55. The van der Waals surface area contributed by atoms with Crippen LogP contribution in [0.25, 0.3) is 16.9 Å². The molecule has 8 heteroatoms. The van der Waals surface area contributed by atoms with E-state index in [1.165, 1.54) is 24.3 Å². The lowest BCUT2D eigenvalue weighted by Crippen LogP contribution is -2.07. The summed E-state index contributed by atoms with van der Waals surface area (Å²) in [5.41, 5.74) is 7.59. The number of hydrogen-bond acceptors (Lipinski definition) is 5. The Labute approximate surface area is 147 Å². The van der Waals surface area contributed by atoms with Crippen LogP contribution in [-0.4, -0.2) is 19.5 Å². The molecule has 0 bridgehead atoms. The summed E-state index contributed by atoms with van der Waals surface area (Å²) < 4.78 is 28.7. The van der Waals surface area contributed by atoms with Crippen LogP contribution in [0.2, 0.25) is 0 Å². The Morgan fingerprint density at radius 2 is 1.77 bits per heavy atom. The second-order valence-electron chi connectivity index (χ2n) is 5.74. The van der Waals surface area contributed by atoms with Gasteiger partial charge in [-0.05, 0) is 37.3 Å². The van der Waals surface area contributed by atoms with Crippen molar-refractivity contribution in [3.63, 3.8) is 0 Å². The number of nitrogens with zero attached hydrogens (tertiary/aromatic N) is 4. The van der Waals surface area contributed by atoms with Crippen LogP contribution in [0.3, 0.4) is 0 Å². The smallest absolute Gasteiger partial charge is 0.231 e. The molecule has 0 saturated heterocycles. The zero-order valence-corrected chi connectivity index (χ0v) is 13.7. The molecule has 0 fully saturated rings. The van der Waals surface area contributed by atoms with E-state index in [9.17, 15) is 8.78 Å². The summed E-state index contributed by atoms with van der Waals surface area (Å²) in [6.45, 7) is 1.79. The maximum Gasteiger partial charge on any atom is 0.231 e. The number of aryl methyl sites for hydroxylation is 1. The van der Waals surface area contributed by atoms with Gasteiger partial charge in [0.2, 0.25) is 5.95 Å². The van der Waals surface area contributed by atoms with Crippen molar-refractivity contribution in [2.75, 3.05) is 11.1 Å². The Kier molecular flexibility index (Phi) is 3.72. The molecular weight excluding hydrogens is 338 g/mol. The number of rotatable bonds is 3. The molecule has 26 heavy (non-hydrogen) atoms. The normalized spacial score (nSPS) is 11.0. The van der Waals surface area contributed by atoms with Crippen LogP contribution in [0.1, 0.15) is 5.82 Å². The van der Waals surface area contributed by atoms with E-state index >= 15 is 0 Å². The highest BCUT2D eigenvalue weighted by Gasteiger charge is 2.13. The van der Waals surface area contributed by atoms with Crippen molar-refractivity contribution in [2.45, 2.75) is 6.92 Å². The standard InChI is InChI=1S/C18H14F2N6/c1-10-22-14-6-5-12(20)8-15(14)26(10)17-9-16(21)24-18(25-17)23-13-4-2-3-11(19)7-13/h2-9H,1H3,(H3,21,23,24,25). The van der Waals surface area contributed by atoms with E-state index < -0.39 is 0 Å². The Morgan fingerprint density at radius 1 is 0.962 bits per heavy atom. The van der Waals surface area contributed by atoms with E-state index in [1.807, 2.05) is 0 Å². The highest BCUT2D eigenvalue weighted by molar-refractivity contribution is 5.78. The maximum atomic E-state index is 13.7. The molecule has 2 aromatic heterocycles. The van der Waals surface area contributed by atoms with Crippen LogP contribution in [0.4, 0.5) is 26.2 Å². The molecule has 0 radical (unpaired) electrons. The summed E-state index contributed by atoms with van der Waals surface area (Å²) in [4.78, 5) is 12.9. The van der Waals surface area contributed by atoms with Crippen LogP contribution in [-0.2, 0) is 0 Å². The topological polar surface area (TPSA) is 81.7 Å². The lowest BCUT2D eigenvalue weighted by Gasteiger charge is -2.10. The zero-order chi connectivity index (χ0) is 18.3. The summed E-state index contributed by atoms with van der Waals surface area (Å²) in [7, 11) is 0. The summed E-state index contributed by atoms with van der Waals surface area (Å²) in [5.74, 6) is 0.710. The van der Waals surface area contributed by atoms with Gasteiger partial charge < -0.3 is 11.1 Å². The Balaban J connectivity index is 1.82. The molecule has 0 amide bonds. The van der Waals surface area contributed by atoms with Crippen LogP contribution in [0.5, 0.6) is 0 Å². The molecule has 0 saturated carbocycles. The molecule has 0 unspecified atom stereocenters. The number of halogens is 2. The van der Waals surface area contributed by atoms with Gasteiger partial charge in [0.15, 0.2) is 0 Å². The SMILES string of the molecule is Cc1nc2ccc(F)cc2n1-c1cc(N)nc(Nc2cccc(F)c2)n1. The van der Waals surface area contributed by atoms with E-state index in [1.54, 1.807) is 35.8 Å². The number of nitrogen functional groups attached to an aromatic ring is 1. The minimum atomic E-state index is -0.383. The van der Waals surface area contributed by atoms with Crippen molar-refractivity contribution >= 4 is 28.5 Å². The molecule has 2 aromatic carbocycles. The quantitative estimate of drug-likeness (QED) is 0.587. The van der Waals surface area contributed by atoms with Gasteiger partial charge in [-0.2, -0.15) is 9.97 Å². The highest BCUT2D eigenvalue weighted by atomic mass is 19.1. The lowest BCUT2D eigenvalue weighted by atomic mass is 10.3. The highest BCUT2D eigenvalue weighted by Crippen LogP contribution is 2.23. The summed E-state index contributed by atoms with van der Waals surface area (Å²) in [6.07, 6.45) is 0. The minimum absolute atomic E-state index is 0.197. The number of fused-ring (bicyclic) bond motifs is 1. The minimum Gasteiger partial charge on any atom is -0.383 e. The van der Waals surface area contributed by atoms with Crippen molar-refractivity contribution in [3.05, 3.63) is 66.0 Å². The van der Waals surface area contributed by atoms with Gasteiger partial charge in [-0.1, -0.05) is 6.07 Å². The van der Waals surface area contributed by atoms with Gasteiger partial charge in [0.25, 0.3) is 0 Å². The number of hydrogen-bond donors (Lipinski definition) is 2. The average molecular weight is 352 g/mol. The van der Waals surface area contributed by atoms with Crippen molar-refractivity contribution < 1.29 is 8.78 Å². The van der Waals surface area contributed by atoms with Crippen LogP contribution in [0, 0.1) is 18.6 Å². The number of imidazole rings is 1. The molecule has 3 N–H and O–H groups in total. The first-order valence-corrected chi connectivity index (χ1v) is 7.82. The van der Waals surface area contributed by atoms with Gasteiger partial charge in [-0.15, -0.1) is 0 Å². The summed E-state index contributed by atoms with van der Waals surface area (Å²) in [5, 5.41) is 2.92. The third-order valence-electron chi connectivity index (χ3n) is 3.83. The van der Waals surface area contributed by atoms with E-state index in [-0.39, 0.29) is 23.4 Å². The molecule has 0 spiro atoms. The fourth-order valence-corrected chi connectivity index (χ4v) is 2.78. The molecule has 0 aliphatic rings. The lowest BCUT2D eigenvalue weighted by molar-refractivity contribution is 0.628. The maximum absolute atomic E-state index is 13.7. The van der Waals surface area contributed by atoms with Gasteiger partial charge in [0, 0.05) is 17.8 Å². The molecule has 4 rings (SSSR count). The monoisotopic (exact) mass is 352 g/mol. The first kappa shape index (κ1) is 15.9. The average Bonchev–Trinajstić information content (AvgIpc) is 2.89. The number of aromatic nitrogens is 4. The molecular formula is C18H14F2N6.